The third kappa shape index (κ3) is 3.52. The Morgan fingerprint density at radius 1 is 1.17 bits per heavy atom. The van der Waals surface area contributed by atoms with Crippen LogP contribution in [0, 0.1) is 10.1 Å². The summed E-state index contributed by atoms with van der Waals surface area (Å²) in [5.74, 6) is 0. The van der Waals surface area contributed by atoms with E-state index in [9.17, 15) is 10.1 Å². The normalized spacial score (nSPS) is 11.6. The van der Waals surface area contributed by atoms with E-state index in [1.165, 1.54) is 6.07 Å². The number of hydrogen-bond acceptors (Lipinski definition) is 4. The average Bonchev–Trinajstić information content (AvgIpc) is 2.98. The molecule has 0 saturated heterocycles. The van der Waals surface area contributed by atoms with Crippen LogP contribution < -0.4 is 0 Å². The molecule has 0 aliphatic heterocycles. The van der Waals surface area contributed by atoms with Crippen molar-refractivity contribution >= 4 is 22.7 Å². The van der Waals surface area contributed by atoms with Crippen molar-refractivity contribution in [2.75, 3.05) is 13.6 Å². The molecule has 0 N–H and O–H groups in total. The number of hydrogen-bond donors (Lipinski definition) is 0. The highest BCUT2D eigenvalue weighted by atomic mass is 16.6. The zero-order chi connectivity index (χ0) is 16.9. The number of fused-ring (bicyclic) bond motifs is 1. The van der Waals surface area contributed by atoms with Gasteiger partial charge in [0.05, 0.1) is 16.7 Å². The van der Waals surface area contributed by atoms with Crippen LogP contribution in [0.4, 0.5) is 5.69 Å². The van der Waals surface area contributed by atoms with Gasteiger partial charge in [-0.3, -0.25) is 15.0 Å². The van der Waals surface area contributed by atoms with E-state index in [-0.39, 0.29) is 10.6 Å². The molecule has 122 valence electrons. The third-order valence-electron chi connectivity index (χ3n) is 3.85. The van der Waals surface area contributed by atoms with Crippen LogP contribution in [0.3, 0.4) is 0 Å². The summed E-state index contributed by atoms with van der Waals surface area (Å²) in [5.41, 5.74) is 2.76. The molecule has 24 heavy (non-hydrogen) atoms. The fraction of sp³-hybridized carbons (Fsp3) is 0.158. The first-order valence-electron chi connectivity index (χ1n) is 7.69. The topological polar surface area (TPSA) is 59.5 Å². The maximum atomic E-state index is 11.0. The lowest BCUT2D eigenvalue weighted by Crippen LogP contribution is -2.17. The molecule has 0 aliphatic carbocycles. The summed E-state index contributed by atoms with van der Waals surface area (Å²) in [5, 5.41) is 12.1. The Balaban J connectivity index is 1.66. The molecule has 5 heteroatoms. The molecule has 0 spiro atoms. The smallest absolute Gasteiger partial charge is 0.276 e. The number of para-hydroxylation sites is 2. The summed E-state index contributed by atoms with van der Waals surface area (Å²) in [6.45, 7) is 1.43. The zero-order valence-corrected chi connectivity index (χ0v) is 13.4. The van der Waals surface area contributed by atoms with Crippen LogP contribution in [0.2, 0.25) is 0 Å². The molecule has 0 saturated carbocycles. The Kier molecular flexibility index (Phi) is 4.72. The van der Waals surface area contributed by atoms with Crippen LogP contribution >= 0.6 is 0 Å². The summed E-state index contributed by atoms with van der Waals surface area (Å²) < 4.78 is 5.55. The number of likely N-dealkylation sites (N-methyl/N-ethyl adjacent to an activating group) is 1. The average molecular weight is 322 g/mol. The molecule has 0 unspecified atom stereocenters. The Morgan fingerprint density at radius 2 is 1.92 bits per heavy atom. The van der Waals surface area contributed by atoms with Gasteiger partial charge in [0.2, 0.25) is 0 Å². The predicted octanol–water partition coefficient (Wildman–Crippen LogP) is 4.49. The molecule has 3 rings (SSSR count). The first-order valence-corrected chi connectivity index (χ1v) is 7.69. The van der Waals surface area contributed by atoms with Crippen molar-refractivity contribution in [2.24, 2.45) is 0 Å². The van der Waals surface area contributed by atoms with Crippen molar-refractivity contribution in [1.82, 2.24) is 4.90 Å². The minimum atomic E-state index is -0.360. The largest absolute Gasteiger partial charge is 0.464 e. The number of benzene rings is 2. The molecule has 3 aromatic rings. The molecule has 0 radical (unpaired) electrons. The van der Waals surface area contributed by atoms with Crippen LogP contribution in [-0.4, -0.2) is 23.4 Å². The van der Waals surface area contributed by atoms with Crippen LogP contribution in [-0.2, 0) is 6.54 Å². The van der Waals surface area contributed by atoms with E-state index in [1.54, 1.807) is 30.5 Å². The van der Waals surface area contributed by atoms with Crippen LogP contribution in [0.1, 0.15) is 11.1 Å². The first kappa shape index (κ1) is 16.0. The predicted molar refractivity (Wildman–Crippen MR) is 94.7 cm³/mol. The van der Waals surface area contributed by atoms with Crippen LogP contribution in [0.15, 0.2) is 65.3 Å². The van der Waals surface area contributed by atoms with Crippen LogP contribution in [0.5, 0.6) is 0 Å². The summed E-state index contributed by atoms with van der Waals surface area (Å²) >= 11 is 0. The standard InChI is InChI=1S/C19H18N2O3/c1-20(13-16-14-24-19-11-5-3-9-17(16)19)12-6-8-15-7-2-4-10-18(15)21(22)23/h2-11,14H,12-13H2,1H3/b8-6+. The molecule has 0 amide bonds. The molecule has 0 atom stereocenters. The zero-order valence-electron chi connectivity index (χ0n) is 13.4. The van der Waals surface area contributed by atoms with E-state index in [1.807, 2.05) is 37.4 Å². The maximum Gasteiger partial charge on any atom is 0.276 e. The van der Waals surface area contributed by atoms with Gasteiger partial charge < -0.3 is 4.42 Å². The molecule has 2 aromatic carbocycles. The van der Waals surface area contributed by atoms with E-state index in [0.29, 0.717) is 12.1 Å². The minimum absolute atomic E-state index is 0.122. The van der Waals surface area contributed by atoms with Gasteiger partial charge in [-0.25, -0.2) is 0 Å². The van der Waals surface area contributed by atoms with Crippen LogP contribution in [0.25, 0.3) is 17.0 Å². The lowest BCUT2D eigenvalue weighted by atomic mass is 10.1. The van der Waals surface area contributed by atoms with E-state index < -0.39 is 0 Å². The van der Waals surface area contributed by atoms with Gasteiger partial charge in [0.1, 0.15) is 5.58 Å². The number of rotatable bonds is 6. The summed E-state index contributed by atoms with van der Waals surface area (Å²) in [6.07, 6.45) is 5.51. The van der Waals surface area contributed by atoms with Gasteiger partial charge in [0.15, 0.2) is 0 Å². The summed E-state index contributed by atoms with van der Waals surface area (Å²) in [4.78, 5) is 12.8. The molecule has 1 heterocycles. The van der Waals surface area contributed by atoms with Gasteiger partial charge in [-0.1, -0.05) is 42.5 Å². The second kappa shape index (κ2) is 7.10. The van der Waals surface area contributed by atoms with E-state index in [0.717, 1.165) is 23.1 Å². The van der Waals surface area contributed by atoms with Gasteiger partial charge in [0.25, 0.3) is 5.69 Å². The number of nitro benzene ring substituents is 1. The minimum Gasteiger partial charge on any atom is -0.464 e. The van der Waals surface area contributed by atoms with Gasteiger partial charge in [-0.15, -0.1) is 0 Å². The fourth-order valence-corrected chi connectivity index (χ4v) is 2.66. The van der Waals surface area contributed by atoms with Crippen molar-refractivity contribution in [3.63, 3.8) is 0 Å². The van der Waals surface area contributed by atoms with Gasteiger partial charge >= 0.3 is 0 Å². The summed E-state index contributed by atoms with van der Waals surface area (Å²) in [6, 6.07) is 14.7. The van der Waals surface area contributed by atoms with Crippen molar-refractivity contribution in [3.8, 4) is 0 Å². The lowest BCUT2D eigenvalue weighted by molar-refractivity contribution is -0.385. The van der Waals surface area contributed by atoms with Crippen molar-refractivity contribution in [1.29, 1.82) is 0 Å². The molecule has 1 aromatic heterocycles. The van der Waals surface area contributed by atoms with Gasteiger partial charge in [-0.2, -0.15) is 0 Å². The first-order chi connectivity index (χ1) is 11.6. The van der Waals surface area contributed by atoms with Crippen molar-refractivity contribution in [2.45, 2.75) is 6.54 Å². The third-order valence-corrected chi connectivity index (χ3v) is 3.85. The molecule has 0 aliphatic rings. The maximum absolute atomic E-state index is 11.0. The second-order valence-electron chi connectivity index (χ2n) is 5.67. The van der Waals surface area contributed by atoms with E-state index >= 15 is 0 Å². The highest BCUT2D eigenvalue weighted by Crippen LogP contribution is 2.22. The Labute approximate surface area is 140 Å². The summed E-state index contributed by atoms with van der Waals surface area (Å²) in [7, 11) is 2.01. The highest BCUT2D eigenvalue weighted by Gasteiger charge is 2.10. The van der Waals surface area contributed by atoms with Gasteiger partial charge in [0, 0.05) is 30.1 Å². The number of furan rings is 1. The van der Waals surface area contributed by atoms with Crippen molar-refractivity contribution < 1.29 is 9.34 Å². The Morgan fingerprint density at radius 3 is 2.75 bits per heavy atom. The Hall–Kier alpha value is -2.92. The molecule has 0 bridgehead atoms. The van der Waals surface area contributed by atoms with Gasteiger partial charge in [-0.05, 0) is 19.2 Å². The second-order valence-corrected chi connectivity index (χ2v) is 5.67. The SMILES string of the molecule is CN(C/C=C/c1ccccc1[N+](=O)[O-])Cc1coc2ccccc12. The van der Waals surface area contributed by atoms with E-state index in [2.05, 4.69) is 4.90 Å². The monoisotopic (exact) mass is 322 g/mol. The quantitative estimate of drug-likeness (QED) is 0.496. The fourth-order valence-electron chi connectivity index (χ4n) is 2.66. The van der Waals surface area contributed by atoms with E-state index in [4.69, 9.17) is 4.42 Å². The Bertz CT molecular complexity index is 883. The molecular formula is C19H18N2O3. The number of nitrogens with zero attached hydrogens (tertiary/aromatic N) is 2. The number of nitro groups is 1. The van der Waals surface area contributed by atoms with Crippen molar-refractivity contribution in [3.05, 3.63) is 82.1 Å². The molecular weight excluding hydrogens is 304 g/mol. The lowest BCUT2D eigenvalue weighted by Gasteiger charge is -2.13. The highest BCUT2D eigenvalue weighted by molar-refractivity contribution is 5.80. The molecule has 5 nitrogen and oxygen atoms in total. The molecule has 0 fully saturated rings.